The molecular weight excluding hydrogens is 266 g/mol. The normalized spacial score (nSPS) is 19.4. The molecule has 1 aromatic rings. The van der Waals surface area contributed by atoms with Crippen LogP contribution in [0.4, 0.5) is 0 Å². The predicted molar refractivity (Wildman–Crippen MR) is 82.8 cm³/mol. The average Bonchev–Trinajstić information content (AvgIpc) is 2.48. The van der Waals surface area contributed by atoms with Gasteiger partial charge in [0.05, 0.1) is 0 Å². The summed E-state index contributed by atoms with van der Waals surface area (Å²) < 4.78 is 5.86. The number of para-hydroxylation sites is 1. The van der Waals surface area contributed by atoms with Crippen LogP contribution in [-0.4, -0.2) is 41.7 Å². The maximum absolute atomic E-state index is 10.7. The summed E-state index contributed by atoms with van der Waals surface area (Å²) in [5.41, 5.74) is 1.15. The lowest BCUT2D eigenvalue weighted by molar-refractivity contribution is -0.137. The van der Waals surface area contributed by atoms with Gasteiger partial charge in [0, 0.05) is 19.0 Å². The molecule has 1 N–H and O–H groups in total. The minimum absolute atomic E-state index is 0.264. The number of carbonyl (C=O) groups is 1. The third-order valence-electron chi connectivity index (χ3n) is 4.17. The molecule has 4 nitrogen and oxygen atoms in total. The van der Waals surface area contributed by atoms with E-state index in [1.165, 1.54) is 12.8 Å². The van der Waals surface area contributed by atoms with Crippen LogP contribution in [0.25, 0.3) is 0 Å². The van der Waals surface area contributed by atoms with E-state index in [1.807, 2.05) is 31.2 Å². The molecule has 1 atom stereocenters. The Bertz CT molecular complexity index is 461. The number of likely N-dealkylation sites (tertiary alicyclic amines) is 1. The number of ether oxygens (including phenoxy) is 1. The van der Waals surface area contributed by atoms with Crippen molar-refractivity contribution in [2.75, 3.05) is 19.7 Å². The second kappa shape index (κ2) is 8.03. The van der Waals surface area contributed by atoms with Gasteiger partial charge in [-0.25, -0.2) is 0 Å². The van der Waals surface area contributed by atoms with Crippen molar-refractivity contribution >= 4 is 5.97 Å². The van der Waals surface area contributed by atoms with E-state index in [4.69, 9.17) is 9.84 Å². The van der Waals surface area contributed by atoms with Gasteiger partial charge in [-0.2, -0.15) is 0 Å². The first-order chi connectivity index (χ1) is 10.2. The van der Waals surface area contributed by atoms with Gasteiger partial charge in [-0.05, 0) is 44.4 Å². The van der Waals surface area contributed by atoms with Crippen LogP contribution in [0.2, 0.25) is 0 Å². The molecule has 0 amide bonds. The van der Waals surface area contributed by atoms with Crippen LogP contribution in [0.15, 0.2) is 24.3 Å². The van der Waals surface area contributed by atoms with Gasteiger partial charge in [-0.3, -0.25) is 9.69 Å². The van der Waals surface area contributed by atoms with Crippen LogP contribution in [0.3, 0.4) is 0 Å². The molecule has 116 valence electrons. The van der Waals surface area contributed by atoms with Crippen LogP contribution in [0.5, 0.6) is 5.75 Å². The highest BCUT2D eigenvalue weighted by Crippen LogP contribution is 2.21. The molecular formula is C17H25NO3. The highest BCUT2D eigenvalue weighted by molar-refractivity contribution is 5.66. The fourth-order valence-corrected chi connectivity index (χ4v) is 2.96. The van der Waals surface area contributed by atoms with Crippen molar-refractivity contribution in [2.24, 2.45) is 0 Å². The number of carboxylic acid groups (broad SMARTS) is 1. The molecule has 0 radical (unpaired) electrons. The van der Waals surface area contributed by atoms with Crippen molar-refractivity contribution in [1.82, 2.24) is 4.90 Å². The minimum atomic E-state index is -0.698. The number of benzene rings is 1. The van der Waals surface area contributed by atoms with E-state index in [0.717, 1.165) is 37.2 Å². The van der Waals surface area contributed by atoms with E-state index >= 15 is 0 Å². The largest absolute Gasteiger partial charge is 0.492 e. The summed E-state index contributed by atoms with van der Waals surface area (Å²) in [7, 11) is 0. The van der Waals surface area contributed by atoms with Gasteiger partial charge >= 0.3 is 5.97 Å². The van der Waals surface area contributed by atoms with E-state index in [0.29, 0.717) is 12.6 Å². The number of rotatable bonds is 7. The molecule has 1 heterocycles. The van der Waals surface area contributed by atoms with Crippen LogP contribution in [-0.2, 0) is 4.79 Å². The lowest BCUT2D eigenvalue weighted by atomic mass is 9.98. The molecule has 4 heteroatoms. The van der Waals surface area contributed by atoms with Crippen molar-refractivity contribution in [1.29, 1.82) is 0 Å². The summed E-state index contributed by atoms with van der Waals surface area (Å²) in [4.78, 5) is 13.1. The topological polar surface area (TPSA) is 49.8 Å². The van der Waals surface area contributed by atoms with Gasteiger partial charge in [0.2, 0.25) is 0 Å². The summed E-state index contributed by atoms with van der Waals surface area (Å²) in [6.45, 7) is 4.64. The summed E-state index contributed by atoms with van der Waals surface area (Å²) in [6, 6.07) is 8.43. The minimum Gasteiger partial charge on any atom is -0.492 e. The monoisotopic (exact) mass is 291 g/mol. The average molecular weight is 291 g/mol. The van der Waals surface area contributed by atoms with Gasteiger partial charge in [0.15, 0.2) is 0 Å². The van der Waals surface area contributed by atoms with Crippen molar-refractivity contribution < 1.29 is 14.6 Å². The van der Waals surface area contributed by atoms with E-state index in [1.54, 1.807) is 0 Å². The van der Waals surface area contributed by atoms with Gasteiger partial charge in [0.1, 0.15) is 12.4 Å². The third-order valence-corrected chi connectivity index (χ3v) is 4.17. The Labute approximate surface area is 126 Å². The first-order valence-electron chi connectivity index (χ1n) is 7.81. The number of nitrogens with zero attached hydrogens (tertiary/aromatic N) is 1. The fourth-order valence-electron chi connectivity index (χ4n) is 2.96. The molecule has 0 aromatic heterocycles. The number of carboxylic acids is 1. The second-order valence-corrected chi connectivity index (χ2v) is 5.73. The molecule has 1 unspecified atom stereocenters. The zero-order valence-electron chi connectivity index (χ0n) is 12.8. The number of hydrogen-bond donors (Lipinski definition) is 1. The summed E-state index contributed by atoms with van der Waals surface area (Å²) >= 11 is 0. The van der Waals surface area contributed by atoms with Crippen LogP contribution < -0.4 is 4.74 Å². The molecule has 1 aliphatic heterocycles. The van der Waals surface area contributed by atoms with Crippen molar-refractivity contribution in [3.8, 4) is 5.75 Å². The fraction of sp³-hybridized carbons (Fsp3) is 0.588. The molecule has 0 bridgehead atoms. The van der Waals surface area contributed by atoms with Crippen LogP contribution in [0.1, 0.15) is 37.7 Å². The number of piperidine rings is 1. The first-order valence-corrected chi connectivity index (χ1v) is 7.81. The molecule has 2 rings (SSSR count). The molecule has 1 fully saturated rings. The second-order valence-electron chi connectivity index (χ2n) is 5.73. The summed E-state index contributed by atoms with van der Waals surface area (Å²) in [5, 5.41) is 8.84. The highest BCUT2D eigenvalue weighted by Gasteiger charge is 2.22. The molecule has 1 aliphatic rings. The zero-order valence-corrected chi connectivity index (χ0v) is 12.8. The number of aliphatic carboxylic acids is 1. The molecule has 1 aromatic carbocycles. The summed E-state index contributed by atoms with van der Waals surface area (Å²) in [5.74, 6) is 0.244. The van der Waals surface area contributed by atoms with Gasteiger partial charge in [0.25, 0.3) is 0 Å². The van der Waals surface area contributed by atoms with Crippen molar-refractivity contribution in [3.05, 3.63) is 29.8 Å². The molecule has 1 saturated heterocycles. The molecule has 21 heavy (non-hydrogen) atoms. The number of hydrogen-bond acceptors (Lipinski definition) is 3. The Morgan fingerprint density at radius 1 is 1.38 bits per heavy atom. The van der Waals surface area contributed by atoms with Crippen molar-refractivity contribution in [3.63, 3.8) is 0 Å². The zero-order chi connectivity index (χ0) is 15.1. The predicted octanol–water partition coefficient (Wildman–Crippen LogP) is 3.09. The van der Waals surface area contributed by atoms with E-state index in [9.17, 15) is 4.79 Å². The quantitative estimate of drug-likeness (QED) is 0.838. The Kier molecular flexibility index (Phi) is 6.05. The maximum atomic E-state index is 10.7. The summed E-state index contributed by atoms with van der Waals surface area (Å²) in [6.07, 6.45) is 4.53. The van der Waals surface area contributed by atoms with E-state index in [2.05, 4.69) is 4.90 Å². The molecule has 0 aliphatic carbocycles. The SMILES string of the molecule is Cc1ccccc1OCCN1CCCCC1CCC(=O)O. The molecule has 0 spiro atoms. The number of aryl methyl sites for hydroxylation is 1. The third kappa shape index (κ3) is 5.05. The smallest absolute Gasteiger partial charge is 0.303 e. The lowest BCUT2D eigenvalue weighted by Gasteiger charge is -2.35. The Morgan fingerprint density at radius 3 is 2.95 bits per heavy atom. The Hall–Kier alpha value is -1.55. The van der Waals surface area contributed by atoms with Gasteiger partial charge < -0.3 is 9.84 Å². The lowest BCUT2D eigenvalue weighted by Crippen LogP contribution is -2.42. The Balaban J connectivity index is 1.79. The maximum Gasteiger partial charge on any atom is 0.303 e. The molecule has 0 saturated carbocycles. The van der Waals surface area contributed by atoms with Gasteiger partial charge in [-0.1, -0.05) is 24.6 Å². The van der Waals surface area contributed by atoms with Gasteiger partial charge in [-0.15, -0.1) is 0 Å². The van der Waals surface area contributed by atoms with Crippen LogP contribution in [0, 0.1) is 6.92 Å². The Morgan fingerprint density at radius 2 is 2.19 bits per heavy atom. The van der Waals surface area contributed by atoms with E-state index in [-0.39, 0.29) is 6.42 Å². The highest BCUT2D eigenvalue weighted by atomic mass is 16.5. The van der Waals surface area contributed by atoms with Crippen LogP contribution >= 0.6 is 0 Å². The standard InChI is InChI=1S/C17H25NO3/c1-14-6-2-3-8-16(14)21-13-12-18-11-5-4-7-15(18)9-10-17(19)20/h2-3,6,8,15H,4-5,7,9-13H2,1H3,(H,19,20). The first kappa shape index (κ1) is 15.8. The van der Waals surface area contributed by atoms with E-state index < -0.39 is 5.97 Å². The van der Waals surface area contributed by atoms with Crippen molar-refractivity contribution in [2.45, 2.75) is 45.1 Å².